The van der Waals surface area contributed by atoms with Crippen molar-refractivity contribution in [3.63, 3.8) is 0 Å². The van der Waals surface area contributed by atoms with Crippen LogP contribution in [0.25, 0.3) is 0 Å². The van der Waals surface area contributed by atoms with Gasteiger partial charge in [-0.05, 0) is 18.6 Å². The maximum atomic E-state index is 5.77. The molecule has 3 heteroatoms. The topological polar surface area (TPSA) is 44.5 Å². The van der Waals surface area contributed by atoms with Gasteiger partial charge < -0.3 is 15.2 Å². The van der Waals surface area contributed by atoms with E-state index in [9.17, 15) is 0 Å². The smallest absolute Gasteiger partial charge is 0.106 e. The molecule has 2 N–H and O–H groups in total. The maximum absolute atomic E-state index is 5.77. The van der Waals surface area contributed by atoms with Gasteiger partial charge in [0.2, 0.25) is 0 Å². The largest absolute Gasteiger partial charge is 0.369 e. The first-order valence-electron chi connectivity index (χ1n) is 4.66. The van der Waals surface area contributed by atoms with Crippen LogP contribution in [0.5, 0.6) is 0 Å². The minimum Gasteiger partial charge on any atom is -0.369 e. The fourth-order valence-electron chi connectivity index (χ4n) is 1.62. The Morgan fingerprint density at radius 1 is 1.38 bits per heavy atom. The van der Waals surface area contributed by atoms with Crippen molar-refractivity contribution in [2.45, 2.75) is 25.2 Å². The summed E-state index contributed by atoms with van der Waals surface area (Å²) >= 11 is 0. The summed E-state index contributed by atoms with van der Waals surface area (Å²) in [6, 6.07) is 0.0720. The molecule has 0 aromatic carbocycles. The molecule has 1 aliphatic heterocycles. The average molecular weight is 181 g/mol. The van der Waals surface area contributed by atoms with E-state index in [1.807, 2.05) is 19.1 Å². The average Bonchev–Trinajstić information content (AvgIpc) is 2.17. The van der Waals surface area contributed by atoms with Crippen LogP contribution in [0.3, 0.4) is 0 Å². The van der Waals surface area contributed by atoms with Gasteiger partial charge >= 0.3 is 0 Å². The number of fused-ring (bicyclic) bond motifs is 1. The highest BCUT2D eigenvalue weighted by Gasteiger charge is 2.26. The van der Waals surface area contributed by atoms with Gasteiger partial charge in [0.25, 0.3) is 0 Å². The second kappa shape index (κ2) is 3.62. The van der Waals surface area contributed by atoms with E-state index in [2.05, 4.69) is 6.08 Å². The highest BCUT2D eigenvalue weighted by Crippen LogP contribution is 2.21. The summed E-state index contributed by atoms with van der Waals surface area (Å²) in [5, 5.41) is 0. The predicted octanol–water partition coefficient (Wildman–Crippen LogP) is 0.614. The van der Waals surface area contributed by atoms with E-state index in [4.69, 9.17) is 15.2 Å². The molecule has 0 radical (unpaired) electrons. The van der Waals surface area contributed by atoms with E-state index in [1.165, 1.54) is 0 Å². The Hall–Kier alpha value is -0.640. The van der Waals surface area contributed by atoms with Gasteiger partial charge in [0.05, 0.1) is 13.2 Å². The van der Waals surface area contributed by atoms with Gasteiger partial charge in [-0.3, -0.25) is 0 Å². The highest BCUT2D eigenvalue weighted by atomic mass is 16.6. The first kappa shape index (κ1) is 8.94. The van der Waals surface area contributed by atoms with E-state index in [1.54, 1.807) is 0 Å². The van der Waals surface area contributed by atoms with Crippen LogP contribution in [0.15, 0.2) is 23.8 Å². The lowest BCUT2D eigenvalue weighted by Gasteiger charge is -2.31. The highest BCUT2D eigenvalue weighted by molar-refractivity contribution is 5.31. The number of ether oxygens (including phenoxy) is 2. The fraction of sp³-hybridized carbons (Fsp3) is 0.600. The van der Waals surface area contributed by atoms with Crippen molar-refractivity contribution in [2.75, 3.05) is 13.2 Å². The SMILES string of the molecule is CC(N)C1=CC2OCCOC2C=C1. The van der Waals surface area contributed by atoms with Crippen LogP contribution in [0, 0.1) is 0 Å². The third kappa shape index (κ3) is 1.82. The fourth-order valence-corrected chi connectivity index (χ4v) is 1.62. The summed E-state index contributed by atoms with van der Waals surface area (Å²) in [6.45, 7) is 3.34. The van der Waals surface area contributed by atoms with Crippen molar-refractivity contribution in [3.05, 3.63) is 23.8 Å². The Morgan fingerprint density at radius 3 is 2.77 bits per heavy atom. The van der Waals surface area contributed by atoms with Gasteiger partial charge in [-0.25, -0.2) is 0 Å². The predicted molar refractivity (Wildman–Crippen MR) is 50.4 cm³/mol. The van der Waals surface area contributed by atoms with E-state index in [-0.39, 0.29) is 18.2 Å². The van der Waals surface area contributed by atoms with Crippen molar-refractivity contribution in [1.29, 1.82) is 0 Å². The molecule has 1 fully saturated rings. The Bertz CT molecular complexity index is 245. The Labute approximate surface area is 78.2 Å². The van der Waals surface area contributed by atoms with Crippen LogP contribution in [0.2, 0.25) is 0 Å². The zero-order valence-electron chi connectivity index (χ0n) is 7.77. The third-order valence-corrected chi connectivity index (χ3v) is 2.39. The molecule has 1 aliphatic carbocycles. The third-order valence-electron chi connectivity index (χ3n) is 2.39. The molecule has 0 bridgehead atoms. The molecule has 13 heavy (non-hydrogen) atoms. The van der Waals surface area contributed by atoms with Crippen molar-refractivity contribution in [2.24, 2.45) is 5.73 Å². The maximum Gasteiger partial charge on any atom is 0.106 e. The summed E-state index contributed by atoms with van der Waals surface area (Å²) in [7, 11) is 0. The standard InChI is InChI=1S/C10H15NO2/c1-7(11)8-2-3-9-10(6-8)13-5-4-12-9/h2-3,6-7,9-10H,4-5,11H2,1H3. The second-order valence-electron chi connectivity index (χ2n) is 3.49. The van der Waals surface area contributed by atoms with E-state index >= 15 is 0 Å². The molecule has 1 heterocycles. The Balaban J connectivity index is 2.11. The van der Waals surface area contributed by atoms with Crippen LogP contribution in [-0.2, 0) is 9.47 Å². The molecule has 0 amide bonds. The zero-order valence-corrected chi connectivity index (χ0v) is 7.77. The van der Waals surface area contributed by atoms with Crippen LogP contribution in [-0.4, -0.2) is 31.5 Å². The summed E-state index contributed by atoms with van der Waals surface area (Å²) in [6.07, 6.45) is 6.29. The first-order valence-corrected chi connectivity index (χ1v) is 4.66. The molecule has 0 aromatic heterocycles. The molecule has 3 atom stereocenters. The summed E-state index contributed by atoms with van der Waals surface area (Å²) in [5.41, 5.74) is 6.90. The van der Waals surface area contributed by atoms with Crippen LogP contribution in [0.1, 0.15) is 6.92 Å². The van der Waals surface area contributed by atoms with Gasteiger partial charge in [0.1, 0.15) is 12.2 Å². The molecule has 3 unspecified atom stereocenters. The number of rotatable bonds is 1. The Kier molecular flexibility index (Phi) is 2.49. The normalized spacial score (nSPS) is 35.1. The van der Waals surface area contributed by atoms with E-state index in [0.717, 1.165) is 5.57 Å². The van der Waals surface area contributed by atoms with Gasteiger partial charge in [-0.2, -0.15) is 0 Å². The van der Waals surface area contributed by atoms with Gasteiger partial charge in [0.15, 0.2) is 0 Å². The second-order valence-corrected chi connectivity index (χ2v) is 3.49. The van der Waals surface area contributed by atoms with Gasteiger partial charge in [-0.1, -0.05) is 12.2 Å². The lowest BCUT2D eigenvalue weighted by atomic mass is 9.97. The molecular formula is C10H15NO2. The number of hydrogen-bond donors (Lipinski definition) is 1. The lowest BCUT2D eigenvalue weighted by molar-refractivity contribution is -0.102. The molecule has 3 nitrogen and oxygen atoms in total. The molecule has 2 rings (SSSR count). The van der Waals surface area contributed by atoms with Crippen LogP contribution >= 0.6 is 0 Å². The van der Waals surface area contributed by atoms with Crippen molar-refractivity contribution >= 4 is 0 Å². The molecule has 0 aromatic rings. The van der Waals surface area contributed by atoms with E-state index < -0.39 is 0 Å². The summed E-state index contributed by atoms with van der Waals surface area (Å²) in [4.78, 5) is 0. The molecule has 1 saturated heterocycles. The van der Waals surface area contributed by atoms with Crippen molar-refractivity contribution in [1.82, 2.24) is 0 Å². The summed E-state index contributed by atoms with van der Waals surface area (Å²) in [5.74, 6) is 0. The van der Waals surface area contributed by atoms with Gasteiger partial charge in [0, 0.05) is 6.04 Å². The molecular weight excluding hydrogens is 166 g/mol. The molecule has 2 aliphatic rings. The number of nitrogens with two attached hydrogens (primary N) is 1. The molecule has 72 valence electrons. The molecule has 0 saturated carbocycles. The van der Waals surface area contributed by atoms with Crippen molar-refractivity contribution < 1.29 is 9.47 Å². The van der Waals surface area contributed by atoms with Crippen molar-refractivity contribution in [3.8, 4) is 0 Å². The van der Waals surface area contributed by atoms with Crippen LogP contribution in [0.4, 0.5) is 0 Å². The lowest BCUT2D eigenvalue weighted by Crippen LogP contribution is -2.38. The minimum atomic E-state index is 0.0692. The molecule has 0 spiro atoms. The van der Waals surface area contributed by atoms with Gasteiger partial charge in [-0.15, -0.1) is 0 Å². The van der Waals surface area contributed by atoms with E-state index in [0.29, 0.717) is 13.2 Å². The van der Waals surface area contributed by atoms with Crippen LogP contribution < -0.4 is 5.73 Å². The quantitative estimate of drug-likeness (QED) is 0.644. The summed E-state index contributed by atoms with van der Waals surface area (Å²) < 4.78 is 11.1. The zero-order chi connectivity index (χ0) is 9.26. The first-order chi connectivity index (χ1) is 6.27. The monoisotopic (exact) mass is 181 g/mol. The minimum absolute atomic E-state index is 0.0692. The Morgan fingerprint density at radius 2 is 2.08 bits per heavy atom. The number of hydrogen-bond acceptors (Lipinski definition) is 3.